The number of likely N-dealkylation sites (tertiary alicyclic amines) is 1. The number of carbonyl (C=O) groups excluding carboxylic acids is 2. The first-order valence-electron chi connectivity index (χ1n) is 8.01. The lowest BCUT2D eigenvalue weighted by Crippen LogP contribution is -2.45. The molecule has 2 aliphatic heterocycles. The van der Waals surface area contributed by atoms with E-state index in [-0.39, 0.29) is 11.9 Å². The van der Waals surface area contributed by atoms with Gasteiger partial charge in [-0.2, -0.15) is 4.90 Å². The number of imide groups is 1. The van der Waals surface area contributed by atoms with Crippen molar-refractivity contribution in [2.45, 2.75) is 12.8 Å². The van der Waals surface area contributed by atoms with E-state index in [2.05, 4.69) is 16.6 Å². The zero-order chi connectivity index (χ0) is 18.0. The Bertz CT molecular complexity index is 765. The maximum absolute atomic E-state index is 12.8. The summed E-state index contributed by atoms with van der Waals surface area (Å²) in [6.07, 6.45) is 6.38. The molecule has 1 aromatic heterocycles. The zero-order valence-electron chi connectivity index (χ0n) is 14.1. The van der Waals surface area contributed by atoms with Gasteiger partial charge in [0.05, 0.1) is 5.70 Å². The molecule has 2 aliphatic rings. The number of likely N-dealkylation sites (N-methyl/N-ethyl adjacent to an activating group) is 1. The summed E-state index contributed by atoms with van der Waals surface area (Å²) >= 11 is 0. The minimum absolute atomic E-state index is 0.189. The van der Waals surface area contributed by atoms with Gasteiger partial charge in [-0.15, -0.1) is 0 Å². The van der Waals surface area contributed by atoms with Crippen LogP contribution in [-0.4, -0.2) is 57.7 Å². The number of urea groups is 2. The monoisotopic (exact) mass is 340 g/mol. The Balaban J connectivity index is 1.99. The Morgan fingerprint density at radius 2 is 1.96 bits per heavy atom. The molecule has 1 aromatic rings. The number of aliphatic imine (C=N–C) groups is 1. The summed E-state index contributed by atoms with van der Waals surface area (Å²) in [6.45, 7) is 5.20. The van der Waals surface area contributed by atoms with Gasteiger partial charge < -0.3 is 10.6 Å². The number of nitrogens with two attached hydrogens (primary N) is 1. The fourth-order valence-electron chi connectivity index (χ4n) is 2.86. The fourth-order valence-corrected chi connectivity index (χ4v) is 2.86. The Morgan fingerprint density at radius 3 is 2.56 bits per heavy atom. The standard InChI is InChI=1S/C17H20N6O2/c1-12(13-5-7-19-8-6-13)20-15-14(11-18)21(2)16(24)23(15)17(25)22-9-3-4-10-22/h5-8,11H,1,3-4,9-10,18H2,2H3/b14-11+,20-15+. The second kappa shape index (κ2) is 6.76. The van der Waals surface area contributed by atoms with Crippen LogP contribution < -0.4 is 5.73 Å². The van der Waals surface area contributed by atoms with E-state index < -0.39 is 6.03 Å². The van der Waals surface area contributed by atoms with Gasteiger partial charge in [0.15, 0.2) is 5.84 Å². The number of aromatic nitrogens is 1. The van der Waals surface area contributed by atoms with Crippen molar-refractivity contribution in [3.63, 3.8) is 0 Å². The molecule has 0 atom stereocenters. The van der Waals surface area contributed by atoms with Crippen LogP contribution in [0.25, 0.3) is 5.70 Å². The number of hydrogen-bond donors (Lipinski definition) is 1. The Morgan fingerprint density at radius 1 is 1.32 bits per heavy atom. The predicted octanol–water partition coefficient (Wildman–Crippen LogP) is 1.83. The van der Waals surface area contributed by atoms with Gasteiger partial charge >= 0.3 is 12.1 Å². The average molecular weight is 340 g/mol. The van der Waals surface area contributed by atoms with Gasteiger partial charge in [0.25, 0.3) is 0 Å². The van der Waals surface area contributed by atoms with E-state index in [4.69, 9.17) is 5.73 Å². The molecule has 130 valence electrons. The van der Waals surface area contributed by atoms with Crippen molar-refractivity contribution in [1.82, 2.24) is 19.7 Å². The molecule has 0 bridgehead atoms. The van der Waals surface area contributed by atoms with Crippen LogP contribution in [0.1, 0.15) is 18.4 Å². The van der Waals surface area contributed by atoms with E-state index in [9.17, 15) is 9.59 Å². The van der Waals surface area contributed by atoms with E-state index in [1.165, 1.54) is 11.1 Å². The smallest absolute Gasteiger partial charge is 0.338 e. The third kappa shape index (κ3) is 2.98. The van der Waals surface area contributed by atoms with Gasteiger partial charge in [-0.3, -0.25) is 9.88 Å². The highest BCUT2D eigenvalue weighted by atomic mass is 16.2. The zero-order valence-corrected chi connectivity index (χ0v) is 14.1. The molecular weight excluding hydrogens is 320 g/mol. The van der Waals surface area contributed by atoms with Crippen molar-refractivity contribution in [1.29, 1.82) is 0 Å². The molecule has 0 saturated carbocycles. The highest BCUT2D eigenvalue weighted by Crippen LogP contribution is 2.25. The molecule has 0 radical (unpaired) electrons. The molecule has 8 nitrogen and oxygen atoms in total. The molecule has 2 N–H and O–H groups in total. The number of amidine groups is 1. The number of pyridine rings is 1. The molecule has 0 aromatic carbocycles. The second-order valence-electron chi connectivity index (χ2n) is 5.82. The van der Waals surface area contributed by atoms with Crippen LogP contribution in [0.2, 0.25) is 0 Å². The van der Waals surface area contributed by atoms with Gasteiger partial charge in [-0.25, -0.2) is 14.6 Å². The molecule has 8 heteroatoms. The van der Waals surface area contributed by atoms with E-state index in [0.29, 0.717) is 24.5 Å². The summed E-state index contributed by atoms with van der Waals surface area (Å²) < 4.78 is 0. The van der Waals surface area contributed by atoms with Crippen molar-refractivity contribution in [3.8, 4) is 0 Å². The van der Waals surface area contributed by atoms with E-state index in [0.717, 1.165) is 23.3 Å². The molecule has 4 amide bonds. The highest BCUT2D eigenvalue weighted by molar-refractivity contribution is 6.24. The van der Waals surface area contributed by atoms with Crippen molar-refractivity contribution in [2.75, 3.05) is 20.1 Å². The maximum atomic E-state index is 12.8. The lowest BCUT2D eigenvalue weighted by Gasteiger charge is -2.21. The van der Waals surface area contributed by atoms with E-state index >= 15 is 0 Å². The first-order chi connectivity index (χ1) is 12.0. The van der Waals surface area contributed by atoms with Crippen molar-refractivity contribution in [2.24, 2.45) is 10.7 Å². The highest BCUT2D eigenvalue weighted by Gasteiger charge is 2.43. The quantitative estimate of drug-likeness (QED) is 0.888. The number of nitrogens with zero attached hydrogens (tertiary/aromatic N) is 5. The largest absolute Gasteiger partial charge is 0.403 e. The molecule has 25 heavy (non-hydrogen) atoms. The van der Waals surface area contributed by atoms with Gasteiger partial charge in [-0.05, 0) is 25.0 Å². The molecule has 0 unspecified atom stereocenters. The summed E-state index contributed by atoms with van der Waals surface area (Å²) in [6, 6.07) is 2.65. The normalized spacial score (nSPS) is 20.8. The summed E-state index contributed by atoms with van der Waals surface area (Å²) in [5, 5.41) is 0. The lowest BCUT2D eigenvalue weighted by molar-refractivity contribution is 0.177. The van der Waals surface area contributed by atoms with Crippen molar-refractivity contribution in [3.05, 3.63) is 48.6 Å². The van der Waals surface area contributed by atoms with E-state index in [1.807, 2.05) is 0 Å². The minimum Gasteiger partial charge on any atom is -0.403 e. The van der Waals surface area contributed by atoms with Gasteiger partial charge in [-0.1, -0.05) is 6.58 Å². The summed E-state index contributed by atoms with van der Waals surface area (Å²) in [4.78, 5) is 37.8. The van der Waals surface area contributed by atoms with Crippen molar-refractivity contribution >= 4 is 23.6 Å². The summed E-state index contributed by atoms with van der Waals surface area (Å²) in [7, 11) is 1.56. The van der Waals surface area contributed by atoms with Gasteiger partial charge in [0.2, 0.25) is 0 Å². The van der Waals surface area contributed by atoms with Crippen LogP contribution in [-0.2, 0) is 0 Å². The summed E-state index contributed by atoms with van der Waals surface area (Å²) in [5.41, 5.74) is 7.21. The van der Waals surface area contributed by atoms with E-state index in [1.54, 1.807) is 36.5 Å². The number of amides is 4. The number of hydrogen-bond acceptors (Lipinski definition) is 5. The molecule has 2 fully saturated rings. The lowest BCUT2D eigenvalue weighted by atomic mass is 10.2. The maximum Gasteiger partial charge on any atom is 0.338 e. The molecule has 3 heterocycles. The molecule has 0 spiro atoms. The summed E-state index contributed by atoms with van der Waals surface area (Å²) in [5.74, 6) is 0.189. The fraction of sp³-hybridized carbons (Fsp3) is 0.294. The molecule has 2 saturated heterocycles. The van der Waals surface area contributed by atoms with Crippen LogP contribution in [0.3, 0.4) is 0 Å². The Kier molecular flexibility index (Phi) is 4.51. The average Bonchev–Trinajstić information content (AvgIpc) is 3.24. The van der Waals surface area contributed by atoms with Crippen molar-refractivity contribution < 1.29 is 9.59 Å². The Labute approximate surface area is 145 Å². The van der Waals surface area contributed by atoms with Crippen LogP contribution in [0.15, 0.2) is 48.0 Å². The van der Waals surface area contributed by atoms with Gasteiger partial charge in [0.1, 0.15) is 5.70 Å². The molecule has 0 aliphatic carbocycles. The Hall–Kier alpha value is -3.16. The van der Waals surface area contributed by atoms with Crippen LogP contribution >= 0.6 is 0 Å². The first kappa shape index (κ1) is 16.7. The van der Waals surface area contributed by atoms with Crippen LogP contribution in [0.4, 0.5) is 9.59 Å². The van der Waals surface area contributed by atoms with Crippen LogP contribution in [0, 0.1) is 0 Å². The SMILES string of the molecule is C=C(/N=C1\C(=C/N)N(C)C(=O)N1C(=O)N1CCCC1)c1ccncc1. The van der Waals surface area contributed by atoms with Gasteiger partial charge in [0, 0.05) is 44.3 Å². The van der Waals surface area contributed by atoms with Crippen LogP contribution in [0.5, 0.6) is 0 Å². The third-order valence-corrected chi connectivity index (χ3v) is 4.26. The molecule has 3 rings (SSSR count). The topological polar surface area (TPSA) is 95.1 Å². The minimum atomic E-state index is -0.477. The third-order valence-electron chi connectivity index (χ3n) is 4.26. The second-order valence-corrected chi connectivity index (χ2v) is 5.82. The molecular formula is C17H20N6O2. The number of carbonyl (C=O) groups is 2. The first-order valence-corrected chi connectivity index (χ1v) is 8.01. The number of rotatable bonds is 2. The predicted molar refractivity (Wildman–Crippen MR) is 94.2 cm³/mol.